The second-order valence-corrected chi connectivity index (χ2v) is 6.73. The van der Waals surface area contributed by atoms with E-state index in [1.54, 1.807) is 11.8 Å². The van der Waals surface area contributed by atoms with Gasteiger partial charge in [0.05, 0.1) is 19.3 Å². The van der Waals surface area contributed by atoms with Gasteiger partial charge in [-0.2, -0.15) is 0 Å². The third kappa shape index (κ3) is 5.01. The molecule has 7 heteroatoms. The number of nitrogens with one attached hydrogen (secondary N) is 2. The highest BCUT2D eigenvalue weighted by Gasteiger charge is 2.23. The van der Waals surface area contributed by atoms with Crippen molar-refractivity contribution in [3.05, 3.63) is 29.3 Å². The lowest BCUT2D eigenvalue weighted by atomic mass is 10.1. The molecule has 2 N–H and O–H groups in total. The molecule has 3 rings (SSSR count). The monoisotopic (exact) mass is 358 g/mol. The Hall–Kier alpha value is -0.950. The van der Waals surface area contributed by atoms with Gasteiger partial charge in [0.2, 0.25) is 5.91 Å². The number of carbonyl (C=O) groups excluding carboxylic acids is 1. The lowest BCUT2D eigenvalue weighted by Crippen LogP contribution is -2.41. The third-order valence-corrected chi connectivity index (χ3v) is 4.83. The Morgan fingerprint density at radius 1 is 1.52 bits per heavy atom. The van der Waals surface area contributed by atoms with E-state index in [0.717, 1.165) is 41.5 Å². The van der Waals surface area contributed by atoms with Gasteiger partial charge in [0.25, 0.3) is 0 Å². The molecular weight excluding hydrogens is 336 g/mol. The second-order valence-electron chi connectivity index (χ2n) is 5.70. The fourth-order valence-corrected chi connectivity index (χ4v) is 3.51. The molecule has 128 valence electrons. The van der Waals surface area contributed by atoms with E-state index >= 15 is 0 Å². The maximum absolute atomic E-state index is 12.1. The first-order valence-corrected chi connectivity index (χ1v) is 8.80. The molecule has 0 spiro atoms. The molecule has 2 atom stereocenters. The van der Waals surface area contributed by atoms with Gasteiger partial charge in [-0.1, -0.05) is 12.1 Å². The van der Waals surface area contributed by atoms with Crippen molar-refractivity contribution in [3.63, 3.8) is 0 Å². The Bertz CT molecular complexity index is 532. The predicted octanol–water partition coefficient (Wildman–Crippen LogP) is 1.86. The molecule has 2 unspecified atom stereocenters. The molecule has 2 fully saturated rings. The highest BCUT2D eigenvalue weighted by Crippen LogP contribution is 2.24. The van der Waals surface area contributed by atoms with Crippen LogP contribution in [0, 0.1) is 6.92 Å². The highest BCUT2D eigenvalue weighted by atomic mass is 35.5. The molecule has 2 heterocycles. The van der Waals surface area contributed by atoms with Gasteiger partial charge in [-0.15, -0.1) is 24.2 Å². The zero-order valence-electron chi connectivity index (χ0n) is 13.2. The van der Waals surface area contributed by atoms with Crippen molar-refractivity contribution in [3.8, 4) is 5.75 Å². The van der Waals surface area contributed by atoms with E-state index in [4.69, 9.17) is 9.47 Å². The van der Waals surface area contributed by atoms with Crippen molar-refractivity contribution in [1.29, 1.82) is 0 Å². The maximum atomic E-state index is 12.1. The van der Waals surface area contributed by atoms with Gasteiger partial charge in [0.1, 0.15) is 11.9 Å². The molecule has 2 saturated heterocycles. The Labute approximate surface area is 147 Å². The minimum Gasteiger partial charge on any atom is -0.488 e. The van der Waals surface area contributed by atoms with E-state index < -0.39 is 0 Å². The normalized spacial score (nSPS) is 23.3. The van der Waals surface area contributed by atoms with E-state index in [1.165, 1.54) is 0 Å². The Morgan fingerprint density at radius 2 is 2.39 bits per heavy atom. The average Bonchev–Trinajstić information content (AvgIpc) is 3.19. The van der Waals surface area contributed by atoms with Gasteiger partial charge >= 0.3 is 0 Å². The van der Waals surface area contributed by atoms with Crippen molar-refractivity contribution >= 4 is 30.1 Å². The molecule has 0 aromatic heterocycles. The second kappa shape index (κ2) is 8.78. The number of thioether (sulfide) groups is 1. The average molecular weight is 359 g/mol. The quantitative estimate of drug-likeness (QED) is 0.841. The van der Waals surface area contributed by atoms with Crippen LogP contribution in [0.2, 0.25) is 0 Å². The SMILES string of the molecule is Cc1ccc(CNC(=O)C2CSCN2)c(OC2CCOC2)c1.Cl. The summed E-state index contributed by atoms with van der Waals surface area (Å²) < 4.78 is 11.4. The van der Waals surface area contributed by atoms with Crippen molar-refractivity contribution in [1.82, 2.24) is 10.6 Å². The van der Waals surface area contributed by atoms with Gasteiger partial charge in [-0.3, -0.25) is 10.1 Å². The smallest absolute Gasteiger partial charge is 0.238 e. The number of amides is 1. The van der Waals surface area contributed by atoms with Gasteiger partial charge in [0.15, 0.2) is 0 Å². The summed E-state index contributed by atoms with van der Waals surface area (Å²) in [4.78, 5) is 12.1. The fraction of sp³-hybridized carbons (Fsp3) is 0.562. The summed E-state index contributed by atoms with van der Waals surface area (Å²) in [5.74, 6) is 2.59. The van der Waals surface area contributed by atoms with Gasteiger partial charge in [-0.05, 0) is 18.6 Å². The zero-order valence-corrected chi connectivity index (χ0v) is 14.8. The standard InChI is InChI=1S/C16H22N2O3S.ClH/c1-11-2-3-12(7-17-16(19)14-9-22-10-18-14)15(6-11)21-13-4-5-20-8-13;/h2-3,6,13-14,18H,4-5,7-10H2,1H3,(H,17,19);1H. The van der Waals surface area contributed by atoms with Crippen molar-refractivity contribution in [2.45, 2.75) is 32.0 Å². The van der Waals surface area contributed by atoms with Crippen LogP contribution in [0.4, 0.5) is 0 Å². The number of aryl methyl sites for hydroxylation is 1. The summed E-state index contributed by atoms with van der Waals surface area (Å²) in [6.45, 7) is 3.93. The largest absolute Gasteiger partial charge is 0.488 e. The number of ether oxygens (including phenoxy) is 2. The molecule has 0 bridgehead atoms. The van der Waals surface area contributed by atoms with Crippen LogP contribution in [-0.2, 0) is 16.1 Å². The molecule has 5 nitrogen and oxygen atoms in total. The van der Waals surface area contributed by atoms with E-state index in [1.807, 2.05) is 25.1 Å². The highest BCUT2D eigenvalue weighted by molar-refractivity contribution is 7.99. The zero-order chi connectivity index (χ0) is 15.4. The lowest BCUT2D eigenvalue weighted by molar-refractivity contribution is -0.122. The topological polar surface area (TPSA) is 59.6 Å². The first-order valence-electron chi connectivity index (χ1n) is 7.65. The lowest BCUT2D eigenvalue weighted by Gasteiger charge is -2.17. The minimum absolute atomic E-state index is 0. The minimum atomic E-state index is -0.0805. The first kappa shape index (κ1) is 18.4. The summed E-state index contributed by atoms with van der Waals surface area (Å²) in [6.07, 6.45) is 1.03. The van der Waals surface area contributed by atoms with Crippen LogP contribution in [0.1, 0.15) is 17.5 Å². The van der Waals surface area contributed by atoms with E-state index in [-0.39, 0.29) is 30.5 Å². The molecule has 23 heavy (non-hydrogen) atoms. The fourth-order valence-electron chi connectivity index (χ4n) is 2.57. The predicted molar refractivity (Wildman–Crippen MR) is 94.4 cm³/mol. The number of rotatable bonds is 5. The van der Waals surface area contributed by atoms with Crippen LogP contribution in [0.3, 0.4) is 0 Å². The van der Waals surface area contributed by atoms with Crippen LogP contribution in [0.15, 0.2) is 18.2 Å². The number of hydrogen-bond donors (Lipinski definition) is 2. The van der Waals surface area contributed by atoms with Crippen LogP contribution >= 0.6 is 24.2 Å². The molecule has 0 aliphatic carbocycles. The first-order chi connectivity index (χ1) is 10.7. The summed E-state index contributed by atoms with van der Waals surface area (Å²) in [7, 11) is 0. The van der Waals surface area contributed by atoms with E-state index in [2.05, 4.69) is 10.6 Å². The van der Waals surface area contributed by atoms with E-state index in [0.29, 0.717) is 13.2 Å². The molecule has 0 saturated carbocycles. The summed E-state index contributed by atoms with van der Waals surface area (Å²) >= 11 is 1.75. The molecule has 0 radical (unpaired) electrons. The van der Waals surface area contributed by atoms with Crippen LogP contribution in [0.25, 0.3) is 0 Å². The summed E-state index contributed by atoms with van der Waals surface area (Å²) in [5.41, 5.74) is 2.16. The molecule has 1 aromatic carbocycles. The molecule has 1 aromatic rings. The molecular formula is C16H23ClN2O3S. The van der Waals surface area contributed by atoms with Crippen LogP contribution in [-0.4, -0.2) is 42.9 Å². The van der Waals surface area contributed by atoms with Gasteiger partial charge in [0, 0.05) is 30.2 Å². The molecule has 2 aliphatic heterocycles. The third-order valence-electron chi connectivity index (χ3n) is 3.89. The molecule has 2 aliphatic rings. The number of hydrogen-bond acceptors (Lipinski definition) is 5. The van der Waals surface area contributed by atoms with Crippen molar-refractivity contribution in [2.75, 3.05) is 24.8 Å². The van der Waals surface area contributed by atoms with Gasteiger partial charge < -0.3 is 14.8 Å². The Kier molecular flexibility index (Phi) is 7.02. The Balaban J connectivity index is 0.00000192. The number of halogens is 1. The van der Waals surface area contributed by atoms with Crippen molar-refractivity contribution in [2.24, 2.45) is 0 Å². The molecule has 1 amide bonds. The maximum Gasteiger partial charge on any atom is 0.238 e. The summed E-state index contributed by atoms with van der Waals surface area (Å²) in [6, 6.07) is 6.02. The van der Waals surface area contributed by atoms with Crippen LogP contribution in [0.5, 0.6) is 5.75 Å². The van der Waals surface area contributed by atoms with Crippen molar-refractivity contribution < 1.29 is 14.3 Å². The van der Waals surface area contributed by atoms with Gasteiger partial charge in [-0.25, -0.2) is 0 Å². The Morgan fingerprint density at radius 3 is 3.09 bits per heavy atom. The summed E-state index contributed by atoms with van der Waals surface area (Å²) in [5, 5.41) is 6.18. The number of benzene rings is 1. The number of carbonyl (C=O) groups is 1. The van der Waals surface area contributed by atoms with Crippen LogP contribution < -0.4 is 15.4 Å². The van der Waals surface area contributed by atoms with E-state index in [9.17, 15) is 4.79 Å².